The van der Waals surface area contributed by atoms with Crippen LogP contribution in [0.3, 0.4) is 0 Å². The molecule has 0 aromatic heterocycles. The first-order chi connectivity index (χ1) is 14.5. The van der Waals surface area contributed by atoms with Gasteiger partial charge in [-0.25, -0.2) is 0 Å². The highest BCUT2D eigenvalue weighted by atomic mass is 16.5. The van der Waals surface area contributed by atoms with Crippen LogP contribution in [0.2, 0.25) is 0 Å². The quantitative estimate of drug-likeness (QED) is 0.588. The highest BCUT2D eigenvalue weighted by Gasteiger charge is 2.18. The number of carbonyl (C=O) groups is 2. The molecule has 154 valence electrons. The number of anilines is 1. The highest BCUT2D eigenvalue weighted by molar-refractivity contribution is 6.04. The van der Waals surface area contributed by atoms with E-state index in [0.717, 1.165) is 17.5 Å². The second-order valence-corrected chi connectivity index (χ2v) is 7.10. The van der Waals surface area contributed by atoms with Crippen LogP contribution in [0.15, 0.2) is 78.9 Å². The van der Waals surface area contributed by atoms with E-state index in [1.54, 1.807) is 31.2 Å². The monoisotopic (exact) mass is 402 g/mol. The Morgan fingerprint density at radius 3 is 2.43 bits per heavy atom. The summed E-state index contributed by atoms with van der Waals surface area (Å²) in [5.74, 6) is 0.0831. The molecule has 3 aromatic carbocycles. The molecule has 0 saturated carbocycles. The van der Waals surface area contributed by atoms with Gasteiger partial charge < -0.3 is 15.4 Å². The highest BCUT2D eigenvalue weighted by Crippen LogP contribution is 2.18. The van der Waals surface area contributed by atoms with Gasteiger partial charge in [0.05, 0.1) is 11.3 Å². The van der Waals surface area contributed by atoms with Crippen LogP contribution in [-0.2, 0) is 11.2 Å². The van der Waals surface area contributed by atoms with Crippen molar-refractivity contribution in [3.8, 4) is 5.75 Å². The molecule has 0 saturated heterocycles. The fourth-order valence-electron chi connectivity index (χ4n) is 3.03. The average molecular weight is 402 g/mol. The SMILES string of the molecule is Cc1cccc(O[C@@H](C)C(=O)Nc2ccccc2C(=O)NCCc2ccccc2)c1. The van der Waals surface area contributed by atoms with Gasteiger partial charge in [0.2, 0.25) is 0 Å². The Balaban J connectivity index is 1.59. The summed E-state index contributed by atoms with van der Waals surface area (Å²) in [6.07, 6.45) is 0.0312. The Hall–Kier alpha value is -3.60. The van der Waals surface area contributed by atoms with Crippen LogP contribution in [0.4, 0.5) is 5.69 Å². The fraction of sp³-hybridized carbons (Fsp3) is 0.200. The van der Waals surface area contributed by atoms with E-state index in [1.807, 2.05) is 61.5 Å². The van der Waals surface area contributed by atoms with Gasteiger partial charge in [0.1, 0.15) is 5.75 Å². The summed E-state index contributed by atoms with van der Waals surface area (Å²) in [5.41, 5.74) is 3.08. The molecule has 0 radical (unpaired) electrons. The van der Waals surface area contributed by atoms with Crippen molar-refractivity contribution >= 4 is 17.5 Å². The summed E-state index contributed by atoms with van der Waals surface area (Å²) >= 11 is 0. The lowest BCUT2D eigenvalue weighted by Gasteiger charge is -2.16. The summed E-state index contributed by atoms with van der Waals surface area (Å²) in [4.78, 5) is 25.2. The number of benzene rings is 3. The Morgan fingerprint density at radius 1 is 0.933 bits per heavy atom. The first-order valence-corrected chi connectivity index (χ1v) is 9.98. The molecule has 0 aliphatic rings. The largest absolute Gasteiger partial charge is 0.481 e. The molecule has 5 nitrogen and oxygen atoms in total. The third kappa shape index (κ3) is 5.95. The molecular weight excluding hydrogens is 376 g/mol. The van der Waals surface area contributed by atoms with Gasteiger partial charge in [-0.3, -0.25) is 9.59 Å². The molecule has 0 spiro atoms. The zero-order chi connectivity index (χ0) is 21.3. The molecule has 3 aromatic rings. The van der Waals surface area contributed by atoms with E-state index in [4.69, 9.17) is 4.74 Å². The van der Waals surface area contributed by atoms with Gasteiger partial charge in [-0.05, 0) is 55.7 Å². The van der Waals surface area contributed by atoms with E-state index in [9.17, 15) is 9.59 Å². The summed E-state index contributed by atoms with van der Waals surface area (Å²) in [5, 5.41) is 5.72. The minimum absolute atomic E-state index is 0.228. The molecule has 2 N–H and O–H groups in total. The molecule has 30 heavy (non-hydrogen) atoms. The number of hydrogen-bond acceptors (Lipinski definition) is 3. The number of rotatable bonds is 8. The van der Waals surface area contributed by atoms with Crippen molar-refractivity contribution in [1.82, 2.24) is 5.32 Å². The lowest BCUT2D eigenvalue weighted by molar-refractivity contribution is -0.122. The van der Waals surface area contributed by atoms with E-state index in [-0.39, 0.29) is 11.8 Å². The Labute approximate surface area is 177 Å². The Morgan fingerprint density at radius 2 is 1.67 bits per heavy atom. The summed E-state index contributed by atoms with van der Waals surface area (Å²) in [6.45, 7) is 4.16. The molecule has 0 aliphatic heterocycles. The lowest BCUT2D eigenvalue weighted by Crippen LogP contribution is -2.32. The van der Waals surface area contributed by atoms with Crippen LogP contribution in [0, 0.1) is 6.92 Å². The van der Waals surface area contributed by atoms with Crippen molar-refractivity contribution in [3.63, 3.8) is 0 Å². The fourth-order valence-corrected chi connectivity index (χ4v) is 3.03. The molecule has 0 bridgehead atoms. The number of hydrogen-bond donors (Lipinski definition) is 2. The van der Waals surface area contributed by atoms with Crippen molar-refractivity contribution in [3.05, 3.63) is 95.6 Å². The van der Waals surface area contributed by atoms with Gasteiger partial charge in [0, 0.05) is 6.54 Å². The van der Waals surface area contributed by atoms with Gasteiger partial charge in [-0.1, -0.05) is 54.6 Å². The Bertz CT molecular complexity index is 1000. The minimum Gasteiger partial charge on any atom is -0.481 e. The predicted octanol–water partition coefficient (Wildman–Crippen LogP) is 4.37. The van der Waals surface area contributed by atoms with E-state index >= 15 is 0 Å². The van der Waals surface area contributed by atoms with Crippen molar-refractivity contribution < 1.29 is 14.3 Å². The smallest absolute Gasteiger partial charge is 0.265 e. The van der Waals surface area contributed by atoms with Crippen molar-refractivity contribution in [2.45, 2.75) is 26.4 Å². The van der Waals surface area contributed by atoms with Crippen LogP contribution in [-0.4, -0.2) is 24.5 Å². The van der Waals surface area contributed by atoms with E-state index in [1.165, 1.54) is 0 Å². The average Bonchev–Trinajstić information content (AvgIpc) is 2.75. The second-order valence-electron chi connectivity index (χ2n) is 7.10. The standard InChI is InChI=1S/C25H26N2O3/c1-18-9-8-12-21(17-18)30-19(2)24(28)27-23-14-7-6-13-22(23)25(29)26-16-15-20-10-4-3-5-11-20/h3-14,17,19H,15-16H2,1-2H3,(H,26,29)(H,27,28)/t19-/m0/s1. The molecule has 0 unspecified atom stereocenters. The number of aryl methyl sites for hydroxylation is 1. The van der Waals surface area contributed by atoms with Crippen molar-refractivity contribution in [2.24, 2.45) is 0 Å². The van der Waals surface area contributed by atoms with E-state index < -0.39 is 6.10 Å². The Kier molecular flexibility index (Phi) is 7.22. The summed E-state index contributed by atoms with van der Waals surface area (Å²) in [7, 11) is 0. The van der Waals surface area contributed by atoms with Gasteiger partial charge >= 0.3 is 0 Å². The normalized spacial score (nSPS) is 11.4. The van der Waals surface area contributed by atoms with Crippen LogP contribution in [0.5, 0.6) is 5.75 Å². The zero-order valence-corrected chi connectivity index (χ0v) is 17.2. The predicted molar refractivity (Wildman–Crippen MR) is 119 cm³/mol. The van der Waals surface area contributed by atoms with Crippen LogP contribution >= 0.6 is 0 Å². The van der Waals surface area contributed by atoms with E-state index in [0.29, 0.717) is 23.5 Å². The molecule has 1 atom stereocenters. The van der Waals surface area contributed by atoms with Gasteiger partial charge in [0.25, 0.3) is 11.8 Å². The zero-order valence-electron chi connectivity index (χ0n) is 17.2. The van der Waals surface area contributed by atoms with Crippen LogP contribution in [0.25, 0.3) is 0 Å². The molecule has 3 rings (SSSR count). The number of amides is 2. The van der Waals surface area contributed by atoms with Crippen molar-refractivity contribution in [1.29, 1.82) is 0 Å². The molecule has 5 heteroatoms. The first-order valence-electron chi connectivity index (χ1n) is 9.98. The van der Waals surface area contributed by atoms with E-state index in [2.05, 4.69) is 10.6 Å². The molecular formula is C25H26N2O3. The summed E-state index contributed by atoms with van der Waals surface area (Å²) in [6, 6.07) is 24.4. The number of para-hydroxylation sites is 1. The topological polar surface area (TPSA) is 67.4 Å². The van der Waals surface area contributed by atoms with Gasteiger partial charge in [0.15, 0.2) is 6.10 Å². The van der Waals surface area contributed by atoms with Gasteiger partial charge in [-0.2, -0.15) is 0 Å². The maximum Gasteiger partial charge on any atom is 0.265 e. The van der Waals surface area contributed by atoms with Gasteiger partial charge in [-0.15, -0.1) is 0 Å². The number of carbonyl (C=O) groups excluding carboxylic acids is 2. The van der Waals surface area contributed by atoms with Crippen molar-refractivity contribution in [2.75, 3.05) is 11.9 Å². The lowest BCUT2D eigenvalue weighted by atomic mass is 10.1. The number of nitrogens with one attached hydrogen (secondary N) is 2. The third-order valence-electron chi connectivity index (χ3n) is 4.64. The molecule has 0 heterocycles. The van der Waals surface area contributed by atoms with Crippen LogP contribution < -0.4 is 15.4 Å². The molecule has 2 amide bonds. The second kappa shape index (κ2) is 10.3. The maximum atomic E-state index is 12.6. The maximum absolute atomic E-state index is 12.6. The minimum atomic E-state index is -0.707. The van der Waals surface area contributed by atoms with Crippen LogP contribution in [0.1, 0.15) is 28.4 Å². The number of ether oxygens (including phenoxy) is 1. The molecule has 0 fully saturated rings. The summed E-state index contributed by atoms with van der Waals surface area (Å²) < 4.78 is 5.73. The first kappa shape index (κ1) is 21.1. The molecule has 0 aliphatic carbocycles. The third-order valence-corrected chi connectivity index (χ3v) is 4.64.